The van der Waals surface area contributed by atoms with Crippen molar-refractivity contribution < 1.29 is 0 Å². The largest absolute Gasteiger partial charge is 0.371 e. The van der Waals surface area contributed by atoms with Crippen LogP contribution in [0.2, 0.25) is 0 Å². The first kappa shape index (κ1) is 14.4. The Hall–Kier alpha value is -1.02. The van der Waals surface area contributed by atoms with E-state index in [2.05, 4.69) is 50.9 Å². The van der Waals surface area contributed by atoms with E-state index in [0.29, 0.717) is 18.0 Å². The highest BCUT2D eigenvalue weighted by molar-refractivity contribution is 5.55. The molecule has 1 aromatic rings. The zero-order valence-corrected chi connectivity index (χ0v) is 12.8. The van der Waals surface area contributed by atoms with Gasteiger partial charge in [0.1, 0.15) is 0 Å². The van der Waals surface area contributed by atoms with E-state index >= 15 is 0 Å². The molecule has 1 saturated carbocycles. The van der Waals surface area contributed by atoms with Crippen molar-refractivity contribution >= 4 is 5.69 Å². The van der Waals surface area contributed by atoms with Crippen LogP contribution in [0.5, 0.6) is 0 Å². The molecule has 1 aliphatic rings. The Labute approximate surface area is 118 Å². The highest BCUT2D eigenvalue weighted by Crippen LogP contribution is 2.30. The van der Waals surface area contributed by atoms with Gasteiger partial charge in [-0.25, -0.2) is 0 Å². The van der Waals surface area contributed by atoms with Crippen LogP contribution in [0.1, 0.15) is 56.6 Å². The minimum Gasteiger partial charge on any atom is -0.371 e. The molecule has 0 unspecified atom stereocenters. The smallest absolute Gasteiger partial charge is 0.0398 e. The van der Waals surface area contributed by atoms with Gasteiger partial charge in [-0.1, -0.05) is 26.0 Å². The number of aryl methyl sites for hydroxylation is 1. The number of hydrogen-bond acceptors (Lipinski definition) is 2. The normalized spacial score (nSPS) is 23.7. The van der Waals surface area contributed by atoms with Gasteiger partial charge in [0.05, 0.1) is 0 Å². The van der Waals surface area contributed by atoms with E-state index in [1.54, 1.807) is 0 Å². The molecule has 2 nitrogen and oxygen atoms in total. The Bertz CT molecular complexity index is 417. The predicted octanol–water partition coefficient (Wildman–Crippen LogP) is 3.82. The summed E-state index contributed by atoms with van der Waals surface area (Å²) in [5, 5.41) is 0. The van der Waals surface area contributed by atoms with Crippen molar-refractivity contribution in [3.63, 3.8) is 0 Å². The zero-order valence-electron chi connectivity index (χ0n) is 12.8. The minimum absolute atomic E-state index is 0.424. The standard InChI is InChI=1S/C17H28N2/c1-12(2)14-6-5-13(3)17(11-14)19(4)16-9-7-15(18)8-10-16/h5-6,11-12,15-16H,7-10,18H2,1-4H3. The molecule has 0 aromatic heterocycles. The van der Waals surface area contributed by atoms with Crippen molar-refractivity contribution in [2.75, 3.05) is 11.9 Å². The topological polar surface area (TPSA) is 29.3 Å². The van der Waals surface area contributed by atoms with Gasteiger partial charge in [0.15, 0.2) is 0 Å². The van der Waals surface area contributed by atoms with Crippen LogP contribution in [0.4, 0.5) is 5.69 Å². The summed E-state index contributed by atoms with van der Waals surface area (Å²) in [6.45, 7) is 6.73. The summed E-state index contributed by atoms with van der Waals surface area (Å²) in [6.07, 6.45) is 4.78. The van der Waals surface area contributed by atoms with Crippen LogP contribution in [0.25, 0.3) is 0 Å². The molecule has 0 atom stereocenters. The first-order valence-corrected chi connectivity index (χ1v) is 7.58. The van der Waals surface area contributed by atoms with Gasteiger partial charge in [0.2, 0.25) is 0 Å². The molecule has 0 radical (unpaired) electrons. The van der Waals surface area contributed by atoms with E-state index in [9.17, 15) is 0 Å². The van der Waals surface area contributed by atoms with Crippen LogP contribution in [0.3, 0.4) is 0 Å². The molecule has 0 spiro atoms. The molecule has 0 saturated heterocycles. The van der Waals surface area contributed by atoms with Crippen LogP contribution >= 0.6 is 0 Å². The minimum atomic E-state index is 0.424. The summed E-state index contributed by atoms with van der Waals surface area (Å²) >= 11 is 0. The van der Waals surface area contributed by atoms with E-state index < -0.39 is 0 Å². The third-order valence-corrected chi connectivity index (χ3v) is 4.57. The van der Waals surface area contributed by atoms with Gasteiger partial charge in [-0.3, -0.25) is 0 Å². The molecule has 1 aromatic carbocycles. The van der Waals surface area contributed by atoms with Crippen molar-refractivity contribution in [1.29, 1.82) is 0 Å². The van der Waals surface area contributed by atoms with Crippen LogP contribution in [0.15, 0.2) is 18.2 Å². The Kier molecular flexibility index (Phi) is 4.51. The molecule has 1 fully saturated rings. The molecule has 0 heterocycles. The van der Waals surface area contributed by atoms with Crippen LogP contribution in [-0.2, 0) is 0 Å². The second kappa shape index (κ2) is 5.96. The Morgan fingerprint density at radius 3 is 2.37 bits per heavy atom. The quantitative estimate of drug-likeness (QED) is 0.895. The summed E-state index contributed by atoms with van der Waals surface area (Å²) in [5.74, 6) is 0.590. The van der Waals surface area contributed by atoms with E-state index in [0.717, 1.165) is 12.8 Å². The molecule has 2 rings (SSSR count). The number of anilines is 1. The molecule has 0 bridgehead atoms. The summed E-state index contributed by atoms with van der Waals surface area (Å²) in [5.41, 5.74) is 10.2. The van der Waals surface area contributed by atoms with Crippen LogP contribution < -0.4 is 10.6 Å². The summed E-state index contributed by atoms with van der Waals surface area (Å²) in [4.78, 5) is 2.48. The highest BCUT2D eigenvalue weighted by Gasteiger charge is 2.23. The first-order valence-electron chi connectivity index (χ1n) is 7.58. The van der Waals surface area contributed by atoms with Gasteiger partial charge in [-0.2, -0.15) is 0 Å². The monoisotopic (exact) mass is 260 g/mol. The van der Waals surface area contributed by atoms with E-state index in [-0.39, 0.29) is 0 Å². The fraction of sp³-hybridized carbons (Fsp3) is 0.647. The molecule has 0 amide bonds. The maximum absolute atomic E-state index is 6.01. The second-order valence-electron chi connectivity index (χ2n) is 6.38. The number of rotatable bonds is 3. The molecular formula is C17H28N2. The van der Waals surface area contributed by atoms with Gasteiger partial charge in [-0.05, 0) is 55.7 Å². The zero-order chi connectivity index (χ0) is 14.0. The molecule has 106 valence electrons. The number of nitrogens with zero attached hydrogens (tertiary/aromatic N) is 1. The van der Waals surface area contributed by atoms with Gasteiger partial charge in [0.25, 0.3) is 0 Å². The average molecular weight is 260 g/mol. The Morgan fingerprint density at radius 2 is 1.79 bits per heavy atom. The van der Waals surface area contributed by atoms with Crippen molar-refractivity contribution in [1.82, 2.24) is 0 Å². The fourth-order valence-corrected chi connectivity index (χ4v) is 3.05. The maximum Gasteiger partial charge on any atom is 0.0398 e. The van der Waals surface area contributed by atoms with Gasteiger partial charge in [-0.15, -0.1) is 0 Å². The summed E-state index contributed by atoms with van der Waals surface area (Å²) in [7, 11) is 2.24. The third kappa shape index (κ3) is 3.30. The Balaban J connectivity index is 2.18. The molecule has 2 N–H and O–H groups in total. The number of hydrogen-bond donors (Lipinski definition) is 1. The number of benzene rings is 1. The van der Waals surface area contributed by atoms with Gasteiger partial charge in [0, 0.05) is 24.8 Å². The lowest BCUT2D eigenvalue weighted by atomic mass is 9.90. The van der Waals surface area contributed by atoms with E-state index in [1.165, 1.54) is 29.7 Å². The molecule has 0 aliphatic heterocycles. The lowest BCUT2D eigenvalue weighted by molar-refractivity contribution is 0.384. The molecule has 2 heteroatoms. The van der Waals surface area contributed by atoms with Gasteiger partial charge < -0.3 is 10.6 Å². The lowest BCUT2D eigenvalue weighted by Gasteiger charge is -2.36. The fourth-order valence-electron chi connectivity index (χ4n) is 3.05. The first-order chi connectivity index (χ1) is 8.99. The molecular weight excluding hydrogens is 232 g/mol. The summed E-state index contributed by atoms with van der Waals surface area (Å²) in [6, 6.07) is 7.96. The molecule has 19 heavy (non-hydrogen) atoms. The van der Waals surface area contributed by atoms with Crippen LogP contribution in [0, 0.1) is 6.92 Å². The highest BCUT2D eigenvalue weighted by atomic mass is 15.1. The van der Waals surface area contributed by atoms with E-state index in [4.69, 9.17) is 5.73 Å². The van der Waals surface area contributed by atoms with Crippen molar-refractivity contribution in [3.8, 4) is 0 Å². The lowest BCUT2D eigenvalue weighted by Crippen LogP contribution is -2.39. The summed E-state index contributed by atoms with van der Waals surface area (Å²) < 4.78 is 0. The third-order valence-electron chi connectivity index (χ3n) is 4.57. The van der Waals surface area contributed by atoms with Crippen molar-refractivity contribution in [3.05, 3.63) is 29.3 Å². The van der Waals surface area contributed by atoms with Crippen molar-refractivity contribution in [2.45, 2.75) is 64.5 Å². The maximum atomic E-state index is 6.01. The predicted molar refractivity (Wildman–Crippen MR) is 83.9 cm³/mol. The van der Waals surface area contributed by atoms with Gasteiger partial charge >= 0.3 is 0 Å². The van der Waals surface area contributed by atoms with E-state index in [1.807, 2.05) is 0 Å². The molecule has 1 aliphatic carbocycles. The van der Waals surface area contributed by atoms with Crippen molar-refractivity contribution in [2.24, 2.45) is 5.73 Å². The number of nitrogens with two attached hydrogens (primary N) is 1. The Morgan fingerprint density at radius 1 is 1.16 bits per heavy atom. The average Bonchev–Trinajstić information content (AvgIpc) is 2.39. The van der Waals surface area contributed by atoms with Crippen LogP contribution in [-0.4, -0.2) is 19.1 Å². The second-order valence-corrected chi connectivity index (χ2v) is 6.38. The SMILES string of the molecule is Cc1ccc(C(C)C)cc1N(C)C1CCC(N)CC1.